The third-order valence-electron chi connectivity index (χ3n) is 2.39. The molecule has 0 bridgehead atoms. The summed E-state index contributed by atoms with van der Waals surface area (Å²) in [6, 6.07) is 0. The smallest absolute Gasteiger partial charge is 0.223 e. The minimum atomic E-state index is 0.204. The summed E-state index contributed by atoms with van der Waals surface area (Å²) >= 11 is 11.6. The molecular formula is C9H11Cl2N3. The van der Waals surface area contributed by atoms with Gasteiger partial charge in [0.05, 0.1) is 11.9 Å². The Morgan fingerprint density at radius 3 is 2.50 bits per heavy atom. The molecule has 0 aliphatic carbocycles. The molecule has 2 rings (SSSR count). The lowest BCUT2D eigenvalue weighted by molar-refractivity contribution is 0.576. The molecule has 0 unspecified atom stereocenters. The summed E-state index contributed by atoms with van der Waals surface area (Å²) in [5.74, 6) is 0. The number of hydrogen-bond acceptors (Lipinski definition) is 3. The van der Waals surface area contributed by atoms with Crippen molar-refractivity contribution in [1.82, 2.24) is 9.97 Å². The van der Waals surface area contributed by atoms with Gasteiger partial charge in [0.2, 0.25) is 5.28 Å². The van der Waals surface area contributed by atoms with Gasteiger partial charge in [0, 0.05) is 13.1 Å². The summed E-state index contributed by atoms with van der Waals surface area (Å²) < 4.78 is 0. The van der Waals surface area contributed by atoms with E-state index in [1.807, 2.05) is 0 Å². The highest BCUT2D eigenvalue weighted by Gasteiger charge is 2.15. The predicted octanol–water partition coefficient (Wildman–Crippen LogP) is 2.77. The average molecular weight is 232 g/mol. The molecule has 0 spiro atoms. The van der Waals surface area contributed by atoms with E-state index in [1.165, 1.54) is 19.3 Å². The average Bonchev–Trinajstić information content (AvgIpc) is 2.19. The van der Waals surface area contributed by atoms with Gasteiger partial charge in [0.25, 0.3) is 0 Å². The van der Waals surface area contributed by atoms with Gasteiger partial charge in [0.15, 0.2) is 5.15 Å². The van der Waals surface area contributed by atoms with Crippen molar-refractivity contribution in [3.63, 3.8) is 0 Å². The number of anilines is 1. The largest absolute Gasteiger partial charge is 0.368 e. The van der Waals surface area contributed by atoms with Crippen LogP contribution in [-0.2, 0) is 0 Å². The van der Waals surface area contributed by atoms with E-state index in [2.05, 4.69) is 14.9 Å². The molecule has 1 aromatic rings. The minimum Gasteiger partial charge on any atom is -0.368 e. The molecule has 1 saturated heterocycles. The molecule has 14 heavy (non-hydrogen) atoms. The van der Waals surface area contributed by atoms with E-state index >= 15 is 0 Å². The molecule has 0 radical (unpaired) electrons. The standard InChI is InChI=1S/C9H11Cl2N3/c10-8-7(6-12-9(11)13-8)14-4-2-1-3-5-14/h6H,1-5H2. The van der Waals surface area contributed by atoms with Crippen LogP contribution >= 0.6 is 23.2 Å². The van der Waals surface area contributed by atoms with Gasteiger partial charge in [0.1, 0.15) is 0 Å². The van der Waals surface area contributed by atoms with Crippen LogP contribution in [-0.4, -0.2) is 23.1 Å². The third kappa shape index (κ3) is 2.10. The molecule has 1 aromatic heterocycles. The third-order valence-corrected chi connectivity index (χ3v) is 2.85. The van der Waals surface area contributed by atoms with Gasteiger partial charge in [-0.05, 0) is 30.9 Å². The number of halogens is 2. The summed E-state index contributed by atoms with van der Waals surface area (Å²) in [5.41, 5.74) is 0.899. The van der Waals surface area contributed by atoms with E-state index in [1.54, 1.807) is 6.20 Å². The molecule has 0 atom stereocenters. The van der Waals surface area contributed by atoms with Gasteiger partial charge in [-0.2, -0.15) is 0 Å². The number of hydrogen-bond donors (Lipinski definition) is 0. The van der Waals surface area contributed by atoms with Crippen LogP contribution in [0.15, 0.2) is 6.20 Å². The Kier molecular flexibility index (Phi) is 3.08. The predicted molar refractivity (Wildman–Crippen MR) is 58.1 cm³/mol. The summed E-state index contributed by atoms with van der Waals surface area (Å²) in [5, 5.41) is 0.655. The van der Waals surface area contributed by atoms with Gasteiger partial charge >= 0.3 is 0 Å². The van der Waals surface area contributed by atoms with Gasteiger partial charge in [-0.3, -0.25) is 0 Å². The number of nitrogens with zero attached hydrogens (tertiary/aromatic N) is 3. The number of aromatic nitrogens is 2. The lowest BCUT2D eigenvalue weighted by Crippen LogP contribution is -2.29. The Morgan fingerprint density at radius 1 is 1.14 bits per heavy atom. The number of piperidine rings is 1. The van der Waals surface area contributed by atoms with E-state index in [0.29, 0.717) is 5.15 Å². The van der Waals surface area contributed by atoms with Gasteiger partial charge in [-0.15, -0.1) is 0 Å². The first-order chi connectivity index (χ1) is 6.77. The second-order valence-electron chi connectivity index (χ2n) is 3.36. The fraction of sp³-hybridized carbons (Fsp3) is 0.556. The Hall–Kier alpha value is -0.540. The van der Waals surface area contributed by atoms with Crippen LogP contribution in [0.3, 0.4) is 0 Å². The molecule has 3 nitrogen and oxygen atoms in total. The van der Waals surface area contributed by atoms with Crippen molar-refractivity contribution < 1.29 is 0 Å². The van der Waals surface area contributed by atoms with Crippen LogP contribution in [0.5, 0.6) is 0 Å². The van der Waals surface area contributed by atoms with Gasteiger partial charge in [-0.1, -0.05) is 11.6 Å². The van der Waals surface area contributed by atoms with Crippen LogP contribution in [0.4, 0.5) is 5.69 Å². The number of rotatable bonds is 1. The first kappa shape index (κ1) is 9.99. The van der Waals surface area contributed by atoms with Crippen LogP contribution in [0.1, 0.15) is 19.3 Å². The molecule has 1 aliphatic heterocycles. The Bertz CT molecular complexity index is 324. The lowest BCUT2D eigenvalue weighted by atomic mass is 10.1. The Morgan fingerprint density at radius 2 is 1.86 bits per heavy atom. The molecular weight excluding hydrogens is 221 g/mol. The Labute approximate surface area is 93.1 Å². The fourth-order valence-electron chi connectivity index (χ4n) is 1.68. The van der Waals surface area contributed by atoms with Gasteiger partial charge < -0.3 is 4.90 Å². The molecule has 1 aliphatic rings. The molecule has 76 valence electrons. The SMILES string of the molecule is Clc1ncc(N2CCCCC2)c(Cl)n1. The molecule has 5 heteroatoms. The highest BCUT2D eigenvalue weighted by Crippen LogP contribution is 2.26. The van der Waals surface area contributed by atoms with E-state index < -0.39 is 0 Å². The van der Waals surface area contributed by atoms with Crippen LogP contribution < -0.4 is 4.90 Å². The first-order valence-corrected chi connectivity index (χ1v) is 5.46. The van der Waals surface area contributed by atoms with E-state index in [4.69, 9.17) is 23.2 Å². The van der Waals surface area contributed by atoms with Crippen LogP contribution in [0.25, 0.3) is 0 Å². The van der Waals surface area contributed by atoms with E-state index in [-0.39, 0.29) is 5.28 Å². The van der Waals surface area contributed by atoms with E-state index in [9.17, 15) is 0 Å². The maximum Gasteiger partial charge on any atom is 0.223 e. The molecule has 0 aromatic carbocycles. The zero-order valence-corrected chi connectivity index (χ0v) is 9.22. The van der Waals surface area contributed by atoms with E-state index in [0.717, 1.165) is 18.8 Å². The van der Waals surface area contributed by atoms with Crippen molar-refractivity contribution in [2.45, 2.75) is 19.3 Å². The fourth-order valence-corrected chi connectivity index (χ4v) is 2.11. The van der Waals surface area contributed by atoms with Crippen molar-refractivity contribution >= 4 is 28.9 Å². The summed E-state index contributed by atoms with van der Waals surface area (Å²) in [6.07, 6.45) is 5.41. The highest BCUT2D eigenvalue weighted by atomic mass is 35.5. The van der Waals surface area contributed by atoms with Crippen molar-refractivity contribution in [2.75, 3.05) is 18.0 Å². The summed E-state index contributed by atoms with van der Waals surface area (Å²) in [4.78, 5) is 10.1. The van der Waals surface area contributed by atoms with Crippen LogP contribution in [0, 0.1) is 0 Å². The van der Waals surface area contributed by atoms with Crippen molar-refractivity contribution in [3.05, 3.63) is 16.6 Å². The summed E-state index contributed by atoms with van der Waals surface area (Å²) in [6.45, 7) is 2.06. The summed E-state index contributed by atoms with van der Waals surface area (Å²) in [7, 11) is 0. The van der Waals surface area contributed by atoms with Crippen molar-refractivity contribution in [2.24, 2.45) is 0 Å². The molecule has 2 heterocycles. The molecule has 0 saturated carbocycles. The lowest BCUT2D eigenvalue weighted by Gasteiger charge is -2.28. The van der Waals surface area contributed by atoms with Crippen molar-refractivity contribution in [3.8, 4) is 0 Å². The zero-order valence-electron chi connectivity index (χ0n) is 7.71. The normalized spacial score (nSPS) is 17.1. The highest BCUT2D eigenvalue weighted by molar-refractivity contribution is 6.33. The first-order valence-electron chi connectivity index (χ1n) is 4.70. The zero-order chi connectivity index (χ0) is 9.97. The second-order valence-corrected chi connectivity index (χ2v) is 4.06. The maximum absolute atomic E-state index is 5.99. The van der Waals surface area contributed by atoms with Gasteiger partial charge in [-0.25, -0.2) is 9.97 Å². The second kappa shape index (κ2) is 4.32. The van der Waals surface area contributed by atoms with Crippen molar-refractivity contribution in [1.29, 1.82) is 0 Å². The molecule has 1 fully saturated rings. The Balaban J connectivity index is 2.22. The molecule has 0 amide bonds. The molecule has 0 N–H and O–H groups in total. The maximum atomic E-state index is 5.99. The quantitative estimate of drug-likeness (QED) is 0.550. The topological polar surface area (TPSA) is 29.0 Å². The minimum absolute atomic E-state index is 0.204. The monoisotopic (exact) mass is 231 g/mol. The van der Waals surface area contributed by atoms with Crippen LogP contribution in [0.2, 0.25) is 10.4 Å².